The van der Waals surface area contributed by atoms with Crippen LogP contribution in [0.1, 0.15) is 109 Å². The number of fused-ring (bicyclic) bond motifs is 5. The standard InChI is InChI=1S/C31H43N.C3H8/c1-6-8-22-9-10-23(19-21(22)7-2)27-13-14-28-26-12-11-24-20-25(32-5)15-17-30(24,3)29(26)16-18-31(27,28)4;1-3-2/h6-10,13,19,24-26,28-29,32H,2,11-12,14-18,20H2,1,3-5H3;3H2,1-2H3/b8-6-;. The van der Waals surface area contributed by atoms with E-state index in [9.17, 15) is 0 Å². The van der Waals surface area contributed by atoms with Gasteiger partial charge in [0.2, 0.25) is 0 Å². The summed E-state index contributed by atoms with van der Waals surface area (Å²) in [7, 11) is 2.17. The average molecular weight is 474 g/mol. The van der Waals surface area contributed by atoms with Gasteiger partial charge in [-0.1, -0.05) is 77.1 Å². The van der Waals surface area contributed by atoms with Gasteiger partial charge in [-0.05, 0) is 128 Å². The van der Waals surface area contributed by atoms with Gasteiger partial charge in [0.15, 0.2) is 0 Å². The second-order valence-corrected chi connectivity index (χ2v) is 12.5. The van der Waals surface area contributed by atoms with Gasteiger partial charge in [-0.15, -0.1) is 0 Å². The first-order valence-corrected chi connectivity index (χ1v) is 14.6. The van der Waals surface area contributed by atoms with Crippen molar-refractivity contribution in [3.63, 3.8) is 0 Å². The highest BCUT2D eigenvalue weighted by Crippen LogP contribution is 2.67. The first kappa shape index (κ1) is 26.5. The molecule has 1 N–H and O–H groups in total. The number of benzene rings is 1. The van der Waals surface area contributed by atoms with Gasteiger partial charge in [0.25, 0.3) is 0 Å². The van der Waals surface area contributed by atoms with Crippen LogP contribution in [0.5, 0.6) is 0 Å². The Kier molecular flexibility index (Phi) is 8.16. The molecule has 1 heteroatoms. The lowest BCUT2D eigenvalue weighted by Crippen LogP contribution is -2.54. The highest BCUT2D eigenvalue weighted by molar-refractivity contribution is 5.77. The van der Waals surface area contributed by atoms with E-state index in [1.165, 1.54) is 74.5 Å². The Labute approximate surface area is 216 Å². The Morgan fingerprint density at radius 3 is 2.49 bits per heavy atom. The van der Waals surface area contributed by atoms with Crippen LogP contribution in [-0.4, -0.2) is 13.1 Å². The van der Waals surface area contributed by atoms with E-state index in [0.29, 0.717) is 10.8 Å². The van der Waals surface area contributed by atoms with E-state index in [2.05, 4.69) is 90.0 Å². The van der Waals surface area contributed by atoms with Gasteiger partial charge >= 0.3 is 0 Å². The molecule has 0 spiro atoms. The summed E-state index contributed by atoms with van der Waals surface area (Å²) in [5.41, 5.74) is 6.51. The largest absolute Gasteiger partial charge is 0.317 e. The number of rotatable bonds is 4. The maximum absolute atomic E-state index is 4.09. The molecule has 3 fully saturated rings. The van der Waals surface area contributed by atoms with E-state index in [-0.39, 0.29) is 0 Å². The number of nitrogens with one attached hydrogen (secondary N) is 1. The SMILES string of the molecule is C=Cc1cc(C2=CCC3C4CCC5CC(NC)CCC5(C)C4CCC23C)ccc1/C=C\C.CCC. The van der Waals surface area contributed by atoms with Gasteiger partial charge in [0.1, 0.15) is 0 Å². The molecule has 4 aliphatic rings. The van der Waals surface area contributed by atoms with Gasteiger partial charge in [-0.3, -0.25) is 0 Å². The van der Waals surface area contributed by atoms with Crippen molar-refractivity contribution >= 4 is 17.7 Å². The van der Waals surface area contributed by atoms with E-state index >= 15 is 0 Å². The van der Waals surface area contributed by atoms with Crippen molar-refractivity contribution in [2.45, 2.75) is 98.4 Å². The first-order valence-electron chi connectivity index (χ1n) is 14.6. The molecule has 5 rings (SSSR count). The monoisotopic (exact) mass is 473 g/mol. The van der Waals surface area contributed by atoms with Gasteiger partial charge in [-0.25, -0.2) is 0 Å². The Balaban J connectivity index is 0.000000917. The lowest BCUT2D eigenvalue weighted by Gasteiger charge is -2.61. The maximum Gasteiger partial charge on any atom is 0.00671 e. The fourth-order valence-electron chi connectivity index (χ4n) is 8.79. The predicted octanol–water partition coefficient (Wildman–Crippen LogP) is 9.40. The molecule has 4 aliphatic carbocycles. The van der Waals surface area contributed by atoms with Crippen LogP contribution in [0.4, 0.5) is 0 Å². The average Bonchev–Trinajstić information content (AvgIpc) is 3.21. The fourth-order valence-corrected chi connectivity index (χ4v) is 8.79. The summed E-state index contributed by atoms with van der Waals surface area (Å²) in [5, 5.41) is 3.59. The van der Waals surface area contributed by atoms with Gasteiger partial charge in [-0.2, -0.15) is 0 Å². The van der Waals surface area contributed by atoms with E-state index in [0.717, 1.165) is 29.7 Å². The number of hydrogen-bond acceptors (Lipinski definition) is 1. The lowest BCUT2D eigenvalue weighted by molar-refractivity contribution is -0.0996. The predicted molar refractivity (Wildman–Crippen MR) is 155 cm³/mol. The van der Waals surface area contributed by atoms with E-state index < -0.39 is 0 Å². The molecule has 3 saturated carbocycles. The smallest absolute Gasteiger partial charge is 0.00671 e. The normalized spacial score (nSPS) is 38.0. The molecule has 0 bridgehead atoms. The summed E-state index contributed by atoms with van der Waals surface area (Å²) in [4.78, 5) is 0. The van der Waals surface area contributed by atoms with Gasteiger partial charge in [0, 0.05) is 6.04 Å². The minimum Gasteiger partial charge on any atom is -0.317 e. The quantitative estimate of drug-likeness (QED) is 0.459. The zero-order valence-corrected chi connectivity index (χ0v) is 23.5. The molecule has 0 aliphatic heterocycles. The van der Waals surface area contributed by atoms with Crippen molar-refractivity contribution < 1.29 is 0 Å². The summed E-state index contributed by atoms with van der Waals surface area (Å²) in [6.45, 7) is 15.7. The Morgan fingerprint density at radius 2 is 1.80 bits per heavy atom. The van der Waals surface area contributed by atoms with Crippen LogP contribution < -0.4 is 5.32 Å². The summed E-state index contributed by atoms with van der Waals surface area (Å²) >= 11 is 0. The molecule has 0 radical (unpaired) electrons. The molecule has 7 atom stereocenters. The maximum atomic E-state index is 4.09. The molecule has 1 nitrogen and oxygen atoms in total. The van der Waals surface area contributed by atoms with Crippen LogP contribution in [0, 0.1) is 34.5 Å². The van der Waals surface area contributed by atoms with E-state index in [1.54, 1.807) is 5.57 Å². The zero-order valence-electron chi connectivity index (χ0n) is 23.5. The lowest BCUT2D eigenvalue weighted by atomic mass is 9.44. The van der Waals surface area contributed by atoms with Crippen molar-refractivity contribution in [2.75, 3.05) is 7.05 Å². The molecule has 0 aromatic heterocycles. The van der Waals surface area contributed by atoms with Gasteiger partial charge < -0.3 is 5.32 Å². The third kappa shape index (κ3) is 4.63. The topological polar surface area (TPSA) is 12.0 Å². The zero-order chi connectivity index (χ0) is 25.2. The highest BCUT2D eigenvalue weighted by Gasteiger charge is 2.58. The summed E-state index contributed by atoms with van der Waals surface area (Å²) in [6.07, 6.45) is 21.4. The van der Waals surface area contributed by atoms with Crippen LogP contribution >= 0.6 is 0 Å². The van der Waals surface area contributed by atoms with Crippen LogP contribution in [0.25, 0.3) is 17.7 Å². The molecule has 0 amide bonds. The van der Waals surface area contributed by atoms with Crippen molar-refractivity contribution in [3.8, 4) is 0 Å². The van der Waals surface area contributed by atoms with Crippen molar-refractivity contribution in [3.05, 3.63) is 53.6 Å². The fraction of sp³-hybridized carbons (Fsp3) is 0.647. The van der Waals surface area contributed by atoms with Crippen LogP contribution in [-0.2, 0) is 0 Å². The molecule has 1 aromatic carbocycles. The molecule has 35 heavy (non-hydrogen) atoms. The molecule has 0 heterocycles. The van der Waals surface area contributed by atoms with Crippen LogP contribution in [0.3, 0.4) is 0 Å². The molecule has 1 aromatic rings. The molecule has 0 saturated heterocycles. The van der Waals surface area contributed by atoms with Crippen molar-refractivity contribution in [1.82, 2.24) is 5.32 Å². The summed E-state index contributed by atoms with van der Waals surface area (Å²) in [6, 6.07) is 7.81. The number of hydrogen-bond donors (Lipinski definition) is 1. The third-order valence-corrected chi connectivity index (χ3v) is 10.6. The Hall–Kier alpha value is -1.60. The Morgan fingerprint density at radius 1 is 1.03 bits per heavy atom. The van der Waals surface area contributed by atoms with E-state index in [1.807, 2.05) is 6.08 Å². The minimum absolute atomic E-state index is 0.340. The summed E-state index contributed by atoms with van der Waals surface area (Å²) < 4.78 is 0. The minimum atomic E-state index is 0.340. The highest BCUT2D eigenvalue weighted by atomic mass is 14.9. The van der Waals surface area contributed by atoms with Crippen LogP contribution in [0.15, 0.2) is 36.9 Å². The first-order chi connectivity index (χ1) is 16.9. The third-order valence-electron chi connectivity index (χ3n) is 10.6. The summed E-state index contributed by atoms with van der Waals surface area (Å²) in [5.74, 6) is 3.61. The van der Waals surface area contributed by atoms with Crippen molar-refractivity contribution in [1.29, 1.82) is 0 Å². The second kappa shape index (κ2) is 10.8. The molecular weight excluding hydrogens is 422 g/mol. The van der Waals surface area contributed by atoms with E-state index in [4.69, 9.17) is 0 Å². The van der Waals surface area contributed by atoms with Crippen molar-refractivity contribution in [2.24, 2.45) is 34.5 Å². The Bertz CT molecular complexity index is 953. The molecular formula is C34H51N. The number of allylic oxidation sites excluding steroid dienone is 3. The van der Waals surface area contributed by atoms with Crippen LogP contribution in [0.2, 0.25) is 0 Å². The molecule has 7 unspecified atom stereocenters. The second-order valence-electron chi connectivity index (χ2n) is 12.5. The molecule has 192 valence electrons. The van der Waals surface area contributed by atoms with Gasteiger partial charge in [0.05, 0.1) is 0 Å².